The Morgan fingerprint density at radius 1 is 1.38 bits per heavy atom. The summed E-state index contributed by atoms with van der Waals surface area (Å²) in [6.45, 7) is 0. The maximum absolute atomic E-state index is 11.9. The molecule has 0 atom stereocenters. The number of alkyl halides is 3. The van der Waals surface area contributed by atoms with Crippen molar-refractivity contribution in [3.8, 4) is 0 Å². The molecule has 1 aromatic rings. The van der Waals surface area contributed by atoms with E-state index in [4.69, 9.17) is 11.6 Å². The van der Waals surface area contributed by atoms with Crippen molar-refractivity contribution in [2.45, 2.75) is 19.0 Å². The smallest absolute Gasteiger partial charge is 0.294 e. The SMILES string of the molecule is O=C(CCC(F)(F)F)c1ccc(Br)cc1Cl. The minimum Gasteiger partial charge on any atom is -0.294 e. The summed E-state index contributed by atoms with van der Waals surface area (Å²) < 4.78 is 36.4. The molecule has 0 radical (unpaired) electrons. The fourth-order valence-electron chi connectivity index (χ4n) is 1.11. The van der Waals surface area contributed by atoms with E-state index in [0.717, 1.165) is 0 Å². The maximum atomic E-state index is 11.9. The number of hydrogen-bond donors (Lipinski definition) is 0. The number of Topliss-reactive ketones (excluding diaryl/α,β-unsaturated/α-hetero) is 1. The Morgan fingerprint density at radius 2 is 2.00 bits per heavy atom. The van der Waals surface area contributed by atoms with E-state index in [1.807, 2.05) is 0 Å². The van der Waals surface area contributed by atoms with Crippen LogP contribution < -0.4 is 0 Å². The summed E-state index contributed by atoms with van der Waals surface area (Å²) in [6, 6.07) is 4.44. The minimum absolute atomic E-state index is 0.120. The van der Waals surface area contributed by atoms with E-state index in [1.54, 1.807) is 6.07 Å². The predicted octanol–water partition coefficient (Wildman–Crippen LogP) is 4.63. The maximum Gasteiger partial charge on any atom is 0.389 e. The van der Waals surface area contributed by atoms with Gasteiger partial charge in [-0.1, -0.05) is 27.5 Å². The van der Waals surface area contributed by atoms with Crippen molar-refractivity contribution in [3.63, 3.8) is 0 Å². The lowest BCUT2D eigenvalue weighted by atomic mass is 10.1. The molecule has 88 valence electrons. The van der Waals surface area contributed by atoms with Crippen molar-refractivity contribution in [2.75, 3.05) is 0 Å². The number of hydrogen-bond acceptors (Lipinski definition) is 1. The van der Waals surface area contributed by atoms with Gasteiger partial charge in [-0.15, -0.1) is 0 Å². The van der Waals surface area contributed by atoms with E-state index in [0.29, 0.717) is 4.47 Å². The van der Waals surface area contributed by atoms with Crippen LogP contribution in [0.5, 0.6) is 0 Å². The summed E-state index contributed by atoms with van der Waals surface area (Å²) >= 11 is 8.88. The molecule has 0 aliphatic rings. The van der Waals surface area contributed by atoms with Gasteiger partial charge in [-0.05, 0) is 18.2 Å². The van der Waals surface area contributed by atoms with Crippen LogP contribution in [-0.2, 0) is 0 Å². The highest BCUT2D eigenvalue weighted by Crippen LogP contribution is 2.26. The first-order valence-corrected chi connectivity index (χ1v) is 5.52. The van der Waals surface area contributed by atoms with Crippen LogP contribution in [0, 0.1) is 0 Å². The van der Waals surface area contributed by atoms with Crippen LogP contribution in [0.1, 0.15) is 23.2 Å². The summed E-state index contributed by atoms with van der Waals surface area (Å²) in [5.41, 5.74) is 0.120. The number of rotatable bonds is 3. The minimum atomic E-state index is -4.32. The summed E-state index contributed by atoms with van der Waals surface area (Å²) in [5, 5.41) is 0.154. The first-order valence-electron chi connectivity index (χ1n) is 4.34. The van der Waals surface area contributed by atoms with E-state index >= 15 is 0 Å². The normalized spacial score (nSPS) is 11.6. The number of halogens is 5. The lowest BCUT2D eigenvalue weighted by Crippen LogP contribution is -2.11. The quantitative estimate of drug-likeness (QED) is 0.743. The van der Waals surface area contributed by atoms with Gasteiger partial charge in [-0.2, -0.15) is 13.2 Å². The Bertz CT molecular complexity index is 404. The van der Waals surface area contributed by atoms with Crippen molar-refractivity contribution in [1.29, 1.82) is 0 Å². The topological polar surface area (TPSA) is 17.1 Å². The molecule has 1 aromatic carbocycles. The zero-order valence-electron chi connectivity index (χ0n) is 7.94. The fourth-order valence-corrected chi connectivity index (χ4v) is 1.88. The van der Waals surface area contributed by atoms with E-state index in [1.165, 1.54) is 12.1 Å². The molecule has 1 rings (SSSR count). The number of ketones is 1. The van der Waals surface area contributed by atoms with Crippen LogP contribution in [0.4, 0.5) is 13.2 Å². The molecular formula is C10H7BrClF3O. The van der Waals surface area contributed by atoms with Crippen molar-refractivity contribution < 1.29 is 18.0 Å². The number of carbonyl (C=O) groups excluding carboxylic acids is 1. The van der Waals surface area contributed by atoms with Gasteiger partial charge < -0.3 is 0 Å². The molecule has 0 fully saturated rings. The molecule has 0 aliphatic heterocycles. The van der Waals surface area contributed by atoms with E-state index in [2.05, 4.69) is 15.9 Å². The second-order valence-corrected chi connectivity index (χ2v) is 4.49. The molecule has 0 unspecified atom stereocenters. The van der Waals surface area contributed by atoms with Gasteiger partial charge in [0.25, 0.3) is 0 Å². The van der Waals surface area contributed by atoms with Gasteiger partial charge in [-0.3, -0.25) is 4.79 Å². The molecule has 0 saturated carbocycles. The average molecular weight is 316 g/mol. The predicted molar refractivity (Wildman–Crippen MR) is 58.8 cm³/mol. The lowest BCUT2D eigenvalue weighted by Gasteiger charge is -2.06. The van der Waals surface area contributed by atoms with E-state index < -0.39 is 24.8 Å². The van der Waals surface area contributed by atoms with Crippen LogP contribution in [0.25, 0.3) is 0 Å². The highest BCUT2D eigenvalue weighted by molar-refractivity contribution is 9.10. The molecule has 16 heavy (non-hydrogen) atoms. The molecule has 0 amide bonds. The second kappa shape index (κ2) is 5.19. The fraction of sp³-hybridized carbons (Fsp3) is 0.300. The first-order chi connectivity index (χ1) is 7.29. The van der Waals surface area contributed by atoms with Gasteiger partial charge in [0.15, 0.2) is 5.78 Å². The third-order valence-corrected chi connectivity index (χ3v) is 2.67. The van der Waals surface area contributed by atoms with Gasteiger partial charge in [0, 0.05) is 16.5 Å². The third kappa shape index (κ3) is 4.14. The number of carbonyl (C=O) groups is 1. The standard InChI is InChI=1S/C10H7BrClF3O/c11-6-1-2-7(8(12)5-6)9(16)3-4-10(13,14)15/h1-2,5H,3-4H2. The molecule has 0 saturated heterocycles. The highest BCUT2D eigenvalue weighted by Gasteiger charge is 2.28. The zero-order valence-corrected chi connectivity index (χ0v) is 10.3. The Morgan fingerprint density at radius 3 is 2.50 bits per heavy atom. The molecule has 0 aromatic heterocycles. The van der Waals surface area contributed by atoms with Crippen LogP contribution in [0.3, 0.4) is 0 Å². The van der Waals surface area contributed by atoms with Crippen LogP contribution in [-0.4, -0.2) is 12.0 Å². The molecule has 0 N–H and O–H groups in total. The number of benzene rings is 1. The first kappa shape index (κ1) is 13.5. The molecule has 0 spiro atoms. The third-order valence-electron chi connectivity index (χ3n) is 1.87. The van der Waals surface area contributed by atoms with E-state index in [-0.39, 0.29) is 10.6 Å². The van der Waals surface area contributed by atoms with Crippen LogP contribution in [0.15, 0.2) is 22.7 Å². The molecule has 0 aliphatic carbocycles. The Hall–Kier alpha value is -0.550. The van der Waals surface area contributed by atoms with E-state index in [9.17, 15) is 18.0 Å². The van der Waals surface area contributed by atoms with Crippen molar-refractivity contribution in [3.05, 3.63) is 33.3 Å². The largest absolute Gasteiger partial charge is 0.389 e. The molecule has 0 bridgehead atoms. The van der Waals surface area contributed by atoms with Crippen molar-refractivity contribution >= 4 is 33.3 Å². The Balaban J connectivity index is 2.74. The van der Waals surface area contributed by atoms with Gasteiger partial charge >= 0.3 is 6.18 Å². The summed E-state index contributed by atoms with van der Waals surface area (Å²) in [4.78, 5) is 11.4. The van der Waals surface area contributed by atoms with Gasteiger partial charge in [0.1, 0.15) is 0 Å². The average Bonchev–Trinajstić information content (AvgIpc) is 2.13. The van der Waals surface area contributed by atoms with Crippen LogP contribution in [0.2, 0.25) is 5.02 Å². The Kier molecular flexibility index (Phi) is 4.38. The highest BCUT2D eigenvalue weighted by atomic mass is 79.9. The lowest BCUT2D eigenvalue weighted by molar-refractivity contribution is -0.133. The molecule has 6 heteroatoms. The monoisotopic (exact) mass is 314 g/mol. The van der Waals surface area contributed by atoms with Crippen LogP contribution >= 0.6 is 27.5 Å². The van der Waals surface area contributed by atoms with Gasteiger partial charge in [0.2, 0.25) is 0 Å². The second-order valence-electron chi connectivity index (χ2n) is 3.16. The summed E-state index contributed by atoms with van der Waals surface area (Å²) in [5.74, 6) is -0.602. The van der Waals surface area contributed by atoms with Gasteiger partial charge in [0.05, 0.1) is 11.4 Å². The summed E-state index contributed by atoms with van der Waals surface area (Å²) in [6.07, 6.45) is -6.03. The summed E-state index contributed by atoms with van der Waals surface area (Å²) in [7, 11) is 0. The molecule has 0 heterocycles. The van der Waals surface area contributed by atoms with Crippen molar-refractivity contribution in [2.24, 2.45) is 0 Å². The Labute approximate surface area is 104 Å². The zero-order chi connectivity index (χ0) is 12.3. The molecular weight excluding hydrogens is 308 g/mol. The van der Waals surface area contributed by atoms with Crippen molar-refractivity contribution in [1.82, 2.24) is 0 Å². The molecule has 1 nitrogen and oxygen atoms in total. The van der Waals surface area contributed by atoms with Gasteiger partial charge in [-0.25, -0.2) is 0 Å².